The summed E-state index contributed by atoms with van der Waals surface area (Å²) in [5.41, 5.74) is 0.517. The van der Waals surface area contributed by atoms with E-state index in [1.807, 2.05) is 0 Å². The Hall–Kier alpha value is -1.68. The molecule has 0 amide bonds. The van der Waals surface area contributed by atoms with Gasteiger partial charge in [-0.15, -0.1) is 0 Å². The molecule has 0 aliphatic rings. The van der Waals surface area contributed by atoms with Crippen molar-refractivity contribution in [1.29, 1.82) is 0 Å². The first-order chi connectivity index (χ1) is 8.11. The molecular weight excluding hydrogens is 245 g/mol. The van der Waals surface area contributed by atoms with Crippen LogP contribution in [0.4, 0.5) is 4.39 Å². The molecule has 0 atom stereocenters. The van der Waals surface area contributed by atoms with E-state index in [1.54, 1.807) is 13.0 Å². The Labute approximate surface area is 104 Å². The van der Waals surface area contributed by atoms with Crippen molar-refractivity contribution >= 4 is 23.8 Å². The summed E-state index contributed by atoms with van der Waals surface area (Å²) in [6.07, 6.45) is 3.85. The Kier molecular flexibility index (Phi) is 5.36. The van der Waals surface area contributed by atoms with E-state index in [-0.39, 0.29) is 0 Å². The molecule has 0 N–H and O–H groups in total. The second kappa shape index (κ2) is 6.81. The zero-order chi connectivity index (χ0) is 12.7. The highest BCUT2D eigenvalue weighted by Gasteiger charge is 1.96. The van der Waals surface area contributed by atoms with E-state index >= 15 is 0 Å². The molecule has 0 fully saturated rings. The molecule has 5 heteroatoms. The average Bonchev–Trinajstić information content (AvgIpc) is 2.23. The summed E-state index contributed by atoms with van der Waals surface area (Å²) in [6.45, 7) is 2.02. The van der Waals surface area contributed by atoms with Crippen molar-refractivity contribution in [2.45, 2.75) is 6.92 Å². The molecule has 3 nitrogen and oxygen atoms in total. The fourth-order valence-electron chi connectivity index (χ4n) is 1.07. The molecular formula is C12H11ClFNO2. The maximum Gasteiger partial charge on any atom is 0.332 e. The van der Waals surface area contributed by atoms with Crippen LogP contribution in [0.3, 0.4) is 0 Å². The zero-order valence-electron chi connectivity index (χ0n) is 9.19. The topological polar surface area (TPSA) is 38.7 Å². The van der Waals surface area contributed by atoms with Crippen LogP contribution in [0.25, 0.3) is 0 Å². The van der Waals surface area contributed by atoms with E-state index in [0.717, 1.165) is 0 Å². The van der Waals surface area contributed by atoms with Crippen molar-refractivity contribution in [2.75, 3.05) is 6.61 Å². The van der Waals surface area contributed by atoms with Crippen molar-refractivity contribution in [3.8, 4) is 0 Å². The highest BCUT2D eigenvalue weighted by atomic mass is 35.5. The number of benzene rings is 1. The number of esters is 1. The minimum atomic E-state index is -0.470. The van der Waals surface area contributed by atoms with Crippen molar-refractivity contribution in [1.82, 2.24) is 0 Å². The van der Waals surface area contributed by atoms with Crippen LogP contribution in [0.5, 0.6) is 0 Å². The Bertz CT molecular complexity index is 438. The van der Waals surface area contributed by atoms with Gasteiger partial charge in [0, 0.05) is 23.5 Å². The van der Waals surface area contributed by atoms with Crippen LogP contribution < -0.4 is 0 Å². The van der Waals surface area contributed by atoms with Gasteiger partial charge in [-0.1, -0.05) is 11.6 Å². The number of carbonyl (C=O) groups excluding carboxylic acids is 1. The first-order valence-electron chi connectivity index (χ1n) is 4.94. The van der Waals surface area contributed by atoms with Crippen molar-refractivity contribution in [3.05, 3.63) is 46.9 Å². The second-order valence-electron chi connectivity index (χ2n) is 3.05. The molecule has 17 heavy (non-hydrogen) atoms. The van der Waals surface area contributed by atoms with Gasteiger partial charge in [0.2, 0.25) is 0 Å². The first-order valence-corrected chi connectivity index (χ1v) is 5.32. The molecule has 0 heterocycles. The van der Waals surface area contributed by atoms with Gasteiger partial charge in [-0.05, 0) is 30.7 Å². The standard InChI is InChI=1S/C12H11ClFNO2/c1-2-17-12(16)3-4-15-8-9-5-10(13)7-11(14)6-9/h3-8H,2H2,1H3. The molecule has 0 radical (unpaired) electrons. The van der Waals surface area contributed by atoms with Crippen LogP contribution in [-0.2, 0) is 9.53 Å². The minimum Gasteiger partial charge on any atom is -0.463 e. The molecule has 0 spiro atoms. The quantitative estimate of drug-likeness (QED) is 0.471. The molecule has 0 unspecified atom stereocenters. The Morgan fingerprint density at radius 2 is 2.29 bits per heavy atom. The maximum absolute atomic E-state index is 12.9. The van der Waals surface area contributed by atoms with E-state index < -0.39 is 11.8 Å². The predicted molar refractivity (Wildman–Crippen MR) is 64.8 cm³/mol. The van der Waals surface area contributed by atoms with Crippen LogP contribution in [0.15, 0.2) is 35.5 Å². The second-order valence-corrected chi connectivity index (χ2v) is 3.49. The smallest absolute Gasteiger partial charge is 0.332 e. The van der Waals surface area contributed by atoms with Crippen LogP contribution in [0.2, 0.25) is 5.02 Å². The molecule has 0 aliphatic heterocycles. The number of rotatable bonds is 4. The summed E-state index contributed by atoms with van der Waals surface area (Å²) in [4.78, 5) is 14.7. The zero-order valence-corrected chi connectivity index (χ0v) is 9.95. The van der Waals surface area contributed by atoms with Gasteiger partial charge in [-0.2, -0.15) is 0 Å². The summed E-state index contributed by atoms with van der Waals surface area (Å²) in [5.74, 6) is -0.907. The van der Waals surface area contributed by atoms with E-state index in [0.29, 0.717) is 17.2 Å². The normalized spacial score (nSPS) is 11.2. The van der Waals surface area contributed by atoms with Crippen LogP contribution >= 0.6 is 11.6 Å². The molecule has 1 aromatic rings. The van der Waals surface area contributed by atoms with Gasteiger partial charge in [0.25, 0.3) is 0 Å². The highest BCUT2D eigenvalue weighted by molar-refractivity contribution is 6.30. The monoisotopic (exact) mass is 255 g/mol. The lowest BCUT2D eigenvalue weighted by Gasteiger charge is -1.95. The molecule has 0 saturated carbocycles. The van der Waals surface area contributed by atoms with Gasteiger partial charge in [0.1, 0.15) is 5.82 Å². The van der Waals surface area contributed by atoms with Gasteiger partial charge < -0.3 is 4.74 Å². The summed E-state index contributed by atoms with van der Waals surface area (Å²) < 4.78 is 17.6. The summed E-state index contributed by atoms with van der Waals surface area (Å²) in [7, 11) is 0. The molecule has 0 saturated heterocycles. The Morgan fingerprint density at radius 1 is 1.53 bits per heavy atom. The number of aliphatic imine (C=N–C) groups is 1. The van der Waals surface area contributed by atoms with E-state index in [9.17, 15) is 9.18 Å². The fraction of sp³-hybridized carbons (Fsp3) is 0.167. The number of carbonyl (C=O) groups is 1. The van der Waals surface area contributed by atoms with Crippen LogP contribution in [-0.4, -0.2) is 18.8 Å². The van der Waals surface area contributed by atoms with Crippen molar-refractivity contribution < 1.29 is 13.9 Å². The van der Waals surface area contributed by atoms with Crippen molar-refractivity contribution in [3.63, 3.8) is 0 Å². The van der Waals surface area contributed by atoms with Gasteiger partial charge in [0.15, 0.2) is 0 Å². The van der Waals surface area contributed by atoms with Crippen molar-refractivity contribution in [2.24, 2.45) is 4.99 Å². The fourth-order valence-corrected chi connectivity index (χ4v) is 1.30. The molecule has 1 aromatic carbocycles. The number of nitrogens with zero attached hydrogens (tertiary/aromatic N) is 1. The molecule has 0 aliphatic carbocycles. The lowest BCUT2D eigenvalue weighted by Crippen LogP contribution is -1.98. The third-order valence-corrected chi connectivity index (χ3v) is 1.91. The van der Waals surface area contributed by atoms with Gasteiger partial charge >= 0.3 is 5.97 Å². The molecule has 1 rings (SSSR count). The third-order valence-electron chi connectivity index (χ3n) is 1.69. The average molecular weight is 256 g/mol. The summed E-state index contributed by atoms with van der Waals surface area (Å²) in [6, 6.07) is 4.05. The van der Waals surface area contributed by atoms with Crippen LogP contribution in [0, 0.1) is 5.82 Å². The summed E-state index contributed by atoms with van der Waals surface area (Å²) >= 11 is 5.66. The van der Waals surface area contributed by atoms with E-state index in [4.69, 9.17) is 11.6 Å². The molecule has 0 aromatic heterocycles. The lowest BCUT2D eigenvalue weighted by atomic mass is 10.2. The number of hydrogen-bond donors (Lipinski definition) is 0. The van der Waals surface area contributed by atoms with Gasteiger partial charge in [-0.3, -0.25) is 4.99 Å². The molecule has 90 valence electrons. The largest absolute Gasteiger partial charge is 0.463 e. The Balaban J connectivity index is 2.62. The first kappa shape index (κ1) is 13.4. The lowest BCUT2D eigenvalue weighted by molar-refractivity contribution is -0.137. The maximum atomic E-state index is 12.9. The molecule has 0 bridgehead atoms. The summed E-state index contributed by atoms with van der Waals surface area (Å²) in [5, 5.41) is 0.292. The SMILES string of the molecule is CCOC(=O)C=CN=Cc1cc(F)cc(Cl)c1. The number of hydrogen-bond acceptors (Lipinski definition) is 3. The van der Waals surface area contributed by atoms with E-state index in [2.05, 4.69) is 9.73 Å². The van der Waals surface area contributed by atoms with Gasteiger partial charge in [0.05, 0.1) is 6.61 Å². The minimum absolute atomic E-state index is 0.292. The van der Waals surface area contributed by atoms with Gasteiger partial charge in [-0.25, -0.2) is 9.18 Å². The Morgan fingerprint density at radius 3 is 2.94 bits per heavy atom. The number of halogens is 2. The number of ether oxygens (including phenoxy) is 1. The highest BCUT2D eigenvalue weighted by Crippen LogP contribution is 2.12. The predicted octanol–water partition coefficient (Wildman–Crippen LogP) is 2.97. The van der Waals surface area contributed by atoms with E-state index in [1.165, 1.54) is 30.6 Å². The third kappa shape index (κ3) is 5.26. The van der Waals surface area contributed by atoms with Crippen LogP contribution in [0.1, 0.15) is 12.5 Å².